The highest BCUT2D eigenvalue weighted by molar-refractivity contribution is 6.39. The molecule has 4 aliphatic carbocycles. The first-order chi connectivity index (χ1) is 14.5. The standard InChI is InChI=1S/C25H24Cl2N2O/c26-19-2-1-3-20(27)24(19)25-28-21-5-4-15(11-22(21)29-25)23(30)12-18-16-7-13-6-14(9-16)10-17(18)8-13/h1-5,11,13-14,16-18H,6-10,12H2,(H,28,29). The number of aromatic amines is 1. The lowest BCUT2D eigenvalue weighted by molar-refractivity contribution is -0.0366. The normalized spacial score (nSPS) is 29.6. The van der Waals surface area contributed by atoms with Gasteiger partial charge in [0.15, 0.2) is 5.78 Å². The van der Waals surface area contributed by atoms with Crippen molar-refractivity contribution in [3.63, 3.8) is 0 Å². The van der Waals surface area contributed by atoms with E-state index in [2.05, 4.69) is 9.97 Å². The number of carbonyl (C=O) groups is 1. The van der Waals surface area contributed by atoms with E-state index in [-0.39, 0.29) is 5.78 Å². The van der Waals surface area contributed by atoms with E-state index in [0.29, 0.717) is 33.8 Å². The predicted molar refractivity (Wildman–Crippen MR) is 121 cm³/mol. The molecule has 3 aromatic rings. The number of H-pyrrole nitrogens is 1. The van der Waals surface area contributed by atoms with Crippen LogP contribution < -0.4 is 0 Å². The SMILES string of the molecule is O=C(CC1C2CC3CC(C2)CC1C3)c1ccc2nc(-c3c(Cl)cccc3Cl)[nH]c2c1. The number of carbonyl (C=O) groups excluding carboxylic acids is 1. The lowest BCUT2D eigenvalue weighted by Crippen LogP contribution is -2.45. The van der Waals surface area contributed by atoms with E-state index in [0.717, 1.165) is 40.3 Å². The molecule has 4 bridgehead atoms. The van der Waals surface area contributed by atoms with Crippen molar-refractivity contribution >= 4 is 40.0 Å². The quantitative estimate of drug-likeness (QED) is 0.438. The Morgan fingerprint density at radius 3 is 2.30 bits per heavy atom. The molecule has 1 N–H and O–H groups in total. The first-order valence-electron chi connectivity index (χ1n) is 11.0. The highest BCUT2D eigenvalue weighted by Gasteiger charge is 2.48. The summed E-state index contributed by atoms with van der Waals surface area (Å²) in [6.45, 7) is 0. The van der Waals surface area contributed by atoms with Crippen LogP contribution in [0.1, 0.15) is 48.9 Å². The van der Waals surface area contributed by atoms with Crippen LogP contribution >= 0.6 is 23.2 Å². The lowest BCUT2D eigenvalue weighted by atomic mass is 9.51. The molecule has 0 unspecified atom stereocenters. The van der Waals surface area contributed by atoms with Gasteiger partial charge in [0.1, 0.15) is 5.82 Å². The Bertz CT molecular complexity index is 1100. The van der Waals surface area contributed by atoms with Gasteiger partial charge in [-0.1, -0.05) is 29.3 Å². The molecule has 4 aliphatic rings. The molecule has 3 nitrogen and oxygen atoms in total. The summed E-state index contributed by atoms with van der Waals surface area (Å²) in [4.78, 5) is 21.1. The van der Waals surface area contributed by atoms with E-state index in [4.69, 9.17) is 23.2 Å². The van der Waals surface area contributed by atoms with Crippen LogP contribution in [-0.2, 0) is 0 Å². The smallest absolute Gasteiger partial charge is 0.163 e. The zero-order valence-electron chi connectivity index (χ0n) is 16.7. The Kier molecular flexibility index (Phi) is 4.47. The van der Waals surface area contributed by atoms with Gasteiger partial charge in [0.25, 0.3) is 0 Å². The third-order valence-electron chi connectivity index (χ3n) is 7.85. The topological polar surface area (TPSA) is 45.8 Å². The molecular weight excluding hydrogens is 415 g/mol. The second kappa shape index (κ2) is 7.10. The maximum atomic E-state index is 13.2. The second-order valence-electron chi connectivity index (χ2n) is 9.64. The molecule has 154 valence electrons. The van der Waals surface area contributed by atoms with Gasteiger partial charge >= 0.3 is 0 Å². The van der Waals surface area contributed by atoms with Gasteiger partial charge in [-0.15, -0.1) is 0 Å². The number of nitrogens with zero attached hydrogens (tertiary/aromatic N) is 1. The van der Waals surface area contributed by atoms with Crippen LogP contribution in [0.25, 0.3) is 22.4 Å². The molecule has 5 heteroatoms. The van der Waals surface area contributed by atoms with Gasteiger partial charge in [0.2, 0.25) is 0 Å². The van der Waals surface area contributed by atoms with Gasteiger partial charge in [-0.25, -0.2) is 4.98 Å². The maximum Gasteiger partial charge on any atom is 0.163 e. The Morgan fingerprint density at radius 2 is 1.63 bits per heavy atom. The highest BCUT2D eigenvalue weighted by Crippen LogP contribution is 2.57. The van der Waals surface area contributed by atoms with Crippen molar-refractivity contribution in [2.24, 2.45) is 29.6 Å². The molecule has 0 saturated heterocycles. The van der Waals surface area contributed by atoms with Crippen molar-refractivity contribution < 1.29 is 4.79 Å². The monoisotopic (exact) mass is 438 g/mol. The molecular formula is C25H24Cl2N2O. The Morgan fingerprint density at radius 1 is 0.967 bits per heavy atom. The minimum absolute atomic E-state index is 0.265. The van der Waals surface area contributed by atoms with E-state index in [9.17, 15) is 4.79 Å². The third kappa shape index (κ3) is 3.09. The van der Waals surface area contributed by atoms with Crippen molar-refractivity contribution in [3.8, 4) is 11.4 Å². The summed E-state index contributed by atoms with van der Waals surface area (Å²) < 4.78 is 0. The number of hydrogen-bond donors (Lipinski definition) is 1. The molecule has 0 aliphatic heterocycles. The lowest BCUT2D eigenvalue weighted by Gasteiger charge is -2.54. The van der Waals surface area contributed by atoms with Crippen molar-refractivity contribution in [2.75, 3.05) is 0 Å². The summed E-state index contributed by atoms with van der Waals surface area (Å²) in [7, 11) is 0. The molecule has 1 heterocycles. The molecule has 30 heavy (non-hydrogen) atoms. The summed E-state index contributed by atoms with van der Waals surface area (Å²) >= 11 is 12.7. The van der Waals surface area contributed by atoms with Gasteiger partial charge in [-0.2, -0.15) is 0 Å². The molecule has 0 atom stereocenters. The largest absolute Gasteiger partial charge is 0.338 e. The predicted octanol–water partition coefficient (Wildman–Crippen LogP) is 7.18. The van der Waals surface area contributed by atoms with Gasteiger partial charge < -0.3 is 4.98 Å². The number of ketones is 1. The van der Waals surface area contributed by atoms with Crippen molar-refractivity contribution in [3.05, 3.63) is 52.0 Å². The summed E-state index contributed by atoms with van der Waals surface area (Å²) in [6, 6.07) is 11.2. The number of imidazole rings is 1. The van der Waals surface area contributed by atoms with Crippen molar-refractivity contribution in [2.45, 2.75) is 38.5 Å². The number of hydrogen-bond acceptors (Lipinski definition) is 2. The molecule has 0 amide bonds. The van der Waals surface area contributed by atoms with Crippen LogP contribution in [0, 0.1) is 29.6 Å². The summed E-state index contributed by atoms with van der Waals surface area (Å²) in [5, 5.41) is 1.11. The van der Waals surface area contributed by atoms with E-state index in [1.165, 1.54) is 32.1 Å². The fraction of sp³-hybridized carbons (Fsp3) is 0.440. The number of nitrogens with one attached hydrogen (secondary N) is 1. The van der Waals surface area contributed by atoms with Crippen molar-refractivity contribution in [1.29, 1.82) is 0 Å². The third-order valence-corrected chi connectivity index (χ3v) is 8.48. The molecule has 2 aromatic carbocycles. The second-order valence-corrected chi connectivity index (χ2v) is 10.5. The first kappa shape index (κ1) is 18.9. The number of benzene rings is 2. The number of aromatic nitrogens is 2. The van der Waals surface area contributed by atoms with Crippen LogP contribution in [0.2, 0.25) is 10.0 Å². The van der Waals surface area contributed by atoms with Crippen LogP contribution in [0.4, 0.5) is 0 Å². The first-order valence-corrected chi connectivity index (χ1v) is 11.8. The van der Waals surface area contributed by atoms with Gasteiger partial charge in [-0.3, -0.25) is 4.79 Å². The van der Waals surface area contributed by atoms with Crippen molar-refractivity contribution in [1.82, 2.24) is 9.97 Å². The molecule has 4 fully saturated rings. The molecule has 0 radical (unpaired) electrons. The molecule has 4 saturated carbocycles. The Labute approximate surface area is 186 Å². The van der Waals surface area contributed by atoms with E-state index >= 15 is 0 Å². The fourth-order valence-electron chi connectivity index (χ4n) is 6.73. The number of fused-ring (bicyclic) bond motifs is 1. The average Bonchev–Trinajstić information content (AvgIpc) is 3.12. The highest BCUT2D eigenvalue weighted by atomic mass is 35.5. The van der Waals surface area contributed by atoms with Gasteiger partial charge in [0, 0.05) is 12.0 Å². The molecule has 0 spiro atoms. The van der Waals surface area contributed by atoms with Crippen LogP contribution in [0.3, 0.4) is 0 Å². The number of rotatable bonds is 4. The molecule has 7 rings (SSSR count). The fourth-order valence-corrected chi connectivity index (χ4v) is 7.31. The van der Waals surface area contributed by atoms with Crippen LogP contribution in [0.5, 0.6) is 0 Å². The number of Topliss-reactive ketones (excluding diaryl/α,β-unsaturated/α-hetero) is 1. The zero-order valence-corrected chi connectivity index (χ0v) is 18.2. The Hall–Kier alpha value is -1.84. The van der Waals surface area contributed by atoms with E-state index in [1.807, 2.05) is 24.3 Å². The Balaban J connectivity index is 1.27. The minimum Gasteiger partial charge on any atom is -0.338 e. The summed E-state index contributed by atoms with van der Waals surface area (Å²) in [6.07, 6.45) is 7.55. The van der Waals surface area contributed by atoms with E-state index in [1.54, 1.807) is 12.1 Å². The van der Waals surface area contributed by atoms with Gasteiger partial charge in [-0.05, 0) is 92.0 Å². The average molecular weight is 439 g/mol. The summed E-state index contributed by atoms with van der Waals surface area (Å²) in [5.41, 5.74) is 3.12. The van der Waals surface area contributed by atoms with E-state index < -0.39 is 0 Å². The van der Waals surface area contributed by atoms with Gasteiger partial charge in [0.05, 0.1) is 26.6 Å². The number of halogens is 2. The van der Waals surface area contributed by atoms with Crippen LogP contribution in [-0.4, -0.2) is 15.8 Å². The van der Waals surface area contributed by atoms with Crippen LogP contribution in [0.15, 0.2) is 36.4 Å². The molecule has 1 aromatic heterocycles. The summed E-state index contributed by atoms with van der Waals surface area (Å²) in [5.74, 6) is 4.91. The minimum atomic E-state index is 0.265. The zero-order chi connectivity index (χ0) is 20.4. The maximum absolute atomic E-state index is 13.2.